The minimum Gasteiger partial charge on any atom is -0.396 e. The predicted molar refractivity (Wildman–Crippen MR) is 66.7 cm³/mol. The Labute approximate surface area is 104 Å². The van der Waals surface area contributed by atoms with E-state index in [0.29, 0.717) is 19.4 Å². The number of carbonyl (C=O) groups excluding carboxylic acids is 1. The van der Waals surface area contributed by atoms with Crippen molar-refractivity contribution >= 4 is 5.91 Å². The maximum atomic E-state index is 11.8. The summed E-state index contributed by atoms with van der Waals surface area (Å²) in [5.74, 6) is 0.0533. The van der Waals surface area contributed by atoms with Gasteiger partial charge in [0.1, 0.15) is 0 Å². The molecule has 1 saturated carbocycles. The molecule has 0 saturated heterocycles. The SMILES string of the molecule is COC1(CC(=O)NCC(C)(C)CCO)CCC1. The molecule has 4 nitrogen and oxygen atoms in total. The van der Waals surface area contributed by atoms with E-state index in [-0.39, 0.29) is 23.5 Å². The number of ether oxygens (including phenoxy) is 1. The Morgan fingerprint density at radius 2 is 2.12 bits per heavy atom. The lowest BCUT2D eigenvalue weighted by atomic mass is 9.77. The summed E-state index contributed by atoms with van der Waals surface area (Å²) in [4.78, 5) is 11.8. The molecule has 0 aromatic carbocycles. The summed E-state index contributed by atoms with van der Waals surface area (Å²) >= 11 is 0. The summed E-state index contributed by atoms with van der Waals surface area (Å²) in [6, 6.07) is 0. The fraction of sp³-hybridized carbons (Fsp3) is 0.923. The second kappa shape index (κ2) is 5.83. The summed E-state index contributed by atoms with van der Waals surface area (Å²) in [5, 5.41) is 11.8. The first-order valence-corrected chi connectivity index (χ1v) is 6.36. The second-order valence-corrected chi connectivity index (χ2v) is 5.83. The highest BCUT2D eigenvalue weighted by Gasteiger charge is 2.39. The smallest absolute Gasteiger partial charge is 0.222 e. The summed E-state index contributed by atoms with van der Waals surface area (Å²) in [7, 11) is 1.68. The molecule has 2 N–H and O–H groups in total. The molecule has 1 amide bonds. The van der Waals surface area contributed by atoms with Crippen LogP contribution in [0.25, 0.3) is 0 Å². The lowest BCUT2D eigenvalue weighted by Crippen LogP contribution is -2.45. The van der Waals surface area contributed by atoms with Crippen LogP contribution >= 0.6 is 0 Å². The Bertz CT molecular complexity index is 254. The average Bonchev–Trinajstić information content (AvgIpc) is 2.21. The van der Waals surface area contributed by atoms with Gasteiger partial charge in [-0.3, -0.25) is 4.79 Å². The van der Waals surface area contributed by atoms with Crippen molar-refractivity contribution in [2.24, 2.45) is 5.41 Å². The molecular formula is C13H25NO3. The van der Waals surface area contributed by atoms with Crippen LogP contribution in [0.4, 0.5) is 0 Å². The molecule has 100 valence electrons. The molecule has 1 aliphatic carbocycles. The molecule has 1 fully saturated rings. The Kier molecular flexibility index (Phi) is 4.95. The zero-order valence-corrected chi connectivity index (χ0v) is 11.2. The number of aliphatic hydroxyl groups excluding tert-OH is 1. The van der Waals surface area contributed by atoms with Crippen molar-refractivity contribution in [3.63, 3.8) is 0 Å². The van der Waals surface area contributed by atoms with Crippen LogP contribution in [-0.2, 0) is 9.53 Å². The van der Waals surface area contributed by atoms with Crippen LogP contribution in [0.5, 0.6) is 0 Å². The standard InChI is InChI=1S/C13H25NO3/c1-12(2,7-8-15)10-14-11(16)9-13(17-3)5-4-6-13/h15H,4-10H2,1-3H3,(H,14,16). The second-order valence-electron chi connectivity index (χ2n) is 5.83. The van der Waals surface area contributed by atoms with Gasteiger partial charge >= 0.3 is 0 Å². The van der Waals surface area contributed by atoms with E-state index in [9.17, 15) is 4.79 Å². The van der Waals surface area contributed by atoms with Crippen molar-refractivity contribution in [2.75, 3.05) is 20.3 Å². The third-order valence-electron chi connectivity index (χ3n) is 3.73. The minimum atomic E-state index is -0.203. The molecule has 0 aliphatic heterocycles. The Hall–Kier alpha value is -0.610. The maximum absolute atomic E-state index is 11.8. The van der Waals surface area contributed by atoms with E-state index in [1.54, 1.807) is 7.11 Å². The number of amides is 1. The topological polar surface area (TPSA) is 58.6 Å². The lowest BCUT2D eigenvalue weighted by molar-refractivity contribution is -0.134. The van der Waals surface area contributed by atoms with Crippen molar-refractivity contribution in [3.05, 3.63) is 0 Å². The van der Waals surface area contributed by atoms with Gasteiger partial charge in [-0.25, -0.2) is 0 Å². The number of aliphatic hydroxyl groups is 1. The molecule has 1 rings (SSSR count). The molecule has 17 heavy (non-hydrogen) atoms. The van der Waals surface area contributed by atoms with Gasteiger partial charge in [0.25, 0.3) is 0 Å². The normalized spacial score (nSPS) is 18.6. The molecule has 1 aliphatic rings. The van der Waals surface area contributed by atoms with E-state index < -0.39 is 0 Å². The first-order chi connectivity index (χ1) is 7.93. The van der Waals surface area contributed by atoms with Crippen molar-refractivity contribution in [1.82, 2.24) is 5.32 Å². The van der Waals surface area contributed by atoms with Crippen molar-refractivity contribution in [3.8, 4) is 0 Å². The van der Waals surface area contributed by atoms with Gasteiger partial charge in [0.2, 0.25) is 5.91 Å². The number of nitrogens with one attached hydrogen (secondary N) is 1. The Balaban J connectivity index is 2.30. The van der Waals surface area contributed by atoms with Crippen LogP contribution in [0.2, 0.25) is 0 Å². The van der Waals surface area contributed by atoms with Gasteiger partial charge in [0, 0.05) is 20.3 Å². The molecule has 0 radical (unpaired) electrons. The highest BCUT2D eigenvalue weighted by Crippen LogP contribution is 2.37. The van der Waals surface area contributed by atoms with E-state index in [2.05, 4.69) is 5.32 Å². The highest BCUT2D eigenvalue weighted by molar-refractivity contribution is 5.77. The summed E-state index contributed by atoms with van der Waals surface area (Å²) in [5.41, 5.74) is -0.255. The van der Waals surface area contributed by atoms with Gasteiger partial charge in [-0.2, -0.15) is 0 Å². The summed E-state index contributed by atoms with van der Waals surface area (Å²) in [6.45, 7) is 4.84. The predicted octanol–water partition coefficient (Wildman–Crippen LogP) is 1.47. The number of rotatable bonds is 7. The third kappa shape index (κ3) is 4.28. The molecule has 4 heteroatoms. The molecule has 0 aromatic heterocycles. The molecule has 0 heterocycles. The minimum absolute atomic E-state index is 0.0513. The van der Waals surface area contributed by atoms with Gasteiger partial charge < -0.3 is 15.2 Å². The number of hydrogen-bond donors (Lipinski definition) is 2. The summed E-state index contributed by atoms with van der Waals surface area (Å²) < 4.78 is 5.42. The number of hydrogen-bond acceptors (Lipinski definition) is 3. The fourth-order valence-electron chi connectivity index (χ4n) is 2.11. The first-order valence-electron chi connectivity index (χ1n) is 6.36. The molecule has 0 aromatic rings. The largest absolute Gasteiger partial charge is 0.396 e. The monoisotopic (exact) mass is 243 g/mol. The molecule has 0 unspecified atom stereocenters. The molecule has 0 spiro atoms. The van der Waals surface area contributed by atoms with E-state index in [1.165, 1.54) is 0 Å². The van der Waals surface area contributed by atoms with Gasteiger partial charge in [0.05, 0.1) is 12.0 Å². The zero-order valence-electron chi connectivity index (χ0n) is 11.2. The van der Waals surface area contributed by atoms with Crippen LogP contribution in [0.1, 0.15) is 46.0 Å². The van der Waals surface area contributed by atoms with Crippen molar-refractivity contribution in [2.45, 2.75) is 51.6 Å². The van der Waals surface area contributed by atoms with Gasteiger partial charge in [0.15, 0.2) is 0 Å². The number of methoxy groups -OCH3 is 1. The van der Waals surface area contributed by atoms with Crippen molar-refractivity contribution < 1.29 is 14.6 Å². The lowest BCUT2D eigenvalue weighted by Gasteiger charge is -2.40. The summed E-state index contributed by atoms with van der Waals surface area (Å²) in [6.07, 6.45) is 4.27. The van der Waals surface area contributed by atoms with Crippen LogP contribution in [0, 0.1) is 5.41 Å². The first kappa shape index (κ1) is 14.5. The van der Waals surface area contributed by atoms with Crippen LogP contribution in [-0.4, -0.2) is 36.9 Å². The number of carbonyl (C=O) groups is 1. The Morgan fingerprint density at radius 1 is 1.47 bits per heavy atom. The molecule has 0 bridgehead atoms. The van der Waals surface area contributed by atoms with E-state index in [0.717, 1.165) is 19.3 Å². The maximum Gasteiger partial charge on any atom is 0.222 e. The quantitative estimate of drug-likeness (QED) is 0.712. The fourth-order valence-corrected chi connectivity index (χ4v) is 2.11. The highest BCUT2D eigenvalue weighted by atomic mass is 16.5. The van der Waals surface area contributed by atoms with E-state index in [1.807, 2.05) is 13.8 Å². The van der Waals surface area contributed by atoms with Gasteiger partial charge in [-0.1, -0.05) is 13.8 Å². The zero-order chi connectivity index (χ0) is 12.9. The van der Waals surface area contributed by atoms with Crippen LogP contribution < -0.4 is 5.32 Å². The molecule has 0 atom stereocenters. The third-order valence-corrected chi connectivity index (χ3v) is 3.73. The van der Waals surface area contributed by atoms with Crippen LogP contribution in [0.3, 0.4) is 0 Å². The van der Waals surface area contributed by atoms with Gasteiger partial charge in [-0.15, -0.1) is 0 Å². The Morgan fingerprint density at radius 3 is 2.53 bits per heavy atom. The van der Waals surface area contributed by atoms with Gasteiger partial charge in [-0.05, 0) is 31.1 Å². The van der Waals surface area contributed by atoms with Crippen LogP contribution in [0.15, 0.2) is 0 Å². The van der Waals surface area contributed by atoms with E-state index in [4.69, 9.17) is 9.84 Å². The van der Waals surface area contributed by atoms with E-state index >= 15 is 0 Å². The molecular weight excluding hydrogens is 218 g/mol. The average molecular weight is 243 g/mol. The van der Waals surface area contributed by atoms with Crippen molar-refractivity contribution in [1.29, 1.82) is 0 Å².